The molecule has 4 rings (SSSR count). The summed E-state index contributed by atoms with van der Waals surface area (Å²) in [6.07, 6.45) is 2.24. The number of fused-ring (bicyclic) bond motifs is 1. The van der Waals surface area contributed by atoms with Gasteiger partial charge in [0.25, 0.3) is 0 Å². The van der Waals surface area contributed by atoms with Crippen LogP contribution < -0.4 is 30.7 Å². The van der Waals surface area contributed by atoms with Crippen molar-refractivity contribution in [2.45, 2.75) is 51.1 Å². The highest BCUT2D eigenvalue weighted by Crippen LogP contribution is 2.36. The summed E-state index contributed by atoms with van der Waals surface area (Å²) in [4.78, 5) is 26.6. The third-order valence-electron chi connectivity index (χ3n) is 5.37. The van der Waals surface area contributed by atoms with Crippen LogP contribution in [0.25, 0.3) is 0 Å². The number of pyridine rings is 1. The number of aromatic nitrogens is 3. The summed E-state index contributed by atoms with van der Waals surface area (Å²) in [6, 6.07) is 2.41. The molecule has 2 aromatic heterocycles. The molecule has 3 heterocycles. The van der Waals surface area contributed by atoms with Crippen LogP contribution in [0.5, 0.6) is 11.6 Å². The number of nitrogens with zero attached hydrogens (tertiary/aromatic N) is 4. The number of nitrogens with one attached hydrogen (secondary N) is 2. The van der Waals surface area contributed by atoms with E-state index in [1.54, 1.807) is 18.7 Å². The van der Waals surface area contributed by atoms with E-state index in [0.717, 1.165) is 0 Å². The fraction of sp³-hybridized carbons (Fsp3) is 0.474. The fourth-order valence-electron chi connectivity index (χ4n) is 3.58. The summed E-state index contributed by atoms with van der Waals surface area (Å²) in [7, 11) is 1.81. The van der Waals surface area contributed by atoms with E-state index in [2.05, 4.69) is 30.3 Å². The number of amides is 1. The van der Waals surface area contributed by atoms with Gasteiger partial charge >= 0.3 is 6.61 Å². The molecule has 0 saturated heterocycles. The van der Waals surface area contributed by atoms with Gasteiger partial charge in [0.05, 0.1) is 11.9 Å². The van der Waals surface area contributed by atoms with Gasteiger partial charge < -0.3 is 25.0 Å². The van der Waals surface area contributed by atoms with Gasteiger partial charge in [0, 0.05) is 32.0 Å². The molecular weight excluding hydrogens is 412 g/mol. The van der Waals surface area contributed by atoms with E-state index in [0.29, 0.717) is 41.7 Å². The predicted octanol–water partition coefficient (Wildman–Crippen LogP) is 1.87. The molecule has 12 heteroatoms. The van der Waals surface area contributed by atoms with Crippen molar-refractivity contribution in [3.8, 4) is 11.6 Å². The molecule has 2 aliphatic rings. The zero-order chi connectivity index (χ0) is 22.3. The lowest BCUT2D eigenvalue weighted by atomic mass is 9.83. The average Bonchev–Trinajstić information content (AvgIpc) is 2.67. The maximum Gasteiger partial charge on any atom is 0.388 e. The first-order valence-electron chi connectivity index (χ1n) is 9.71. The van der Waals surface area contributed by atoms with Crippen LogP contribution in [-0.2, 0) is 4.79 Å². The number of aryl methyl sites for hydroxylation is 1. The average molecular weight is 435 g/mol. The Labute approximate surface area is 177 Å². The van der Waals surface area contributed by atoms with Crippen molar-refractivity contribution in [1.82, 2.24) is 15.0 Å². The van der Waals surface area contributed by atoms with E-state index < -0.39 is 12.3 Å². The summed E-state index contributed by atoms with van der Waals surface area (Å²) in [5.41, 5.74) is 6.60. The monoisotopic (exact) mass is 435 g/mol. The van der Waals surface area contributed by atoms with Crippen LogP contribution in [-0.4, -0.2) is 52.3 Å². The van der Waals surface area contributed by atoms with Gasteiger partial charge in [-0.05, 0) is 19.9 Å². The minimum absolute atomic E-state index is 0.0160. The molecule has 31 heavy (non-hydrogen) atoms. The van der Waals surface area contributed by atoms with E-state index >= 15 is 0 Å². The number of carbonyl (C=O) groups excluding carboxylic acids is 1. The van der Waals surface area contributed by atoms with E-state index in [9.17, 15) is 13.6 Å². The molecule has 1 amide bonds. The molecule has 2 aromatic rings. The first kappa shape index (κ1) is 21.0. The number of carbonyl (C=O) groups is 1. The molecular formula is C19H23F2N7O3. The van der Waals surface area contributed by atoms with Crippen LogP contribution in [0.4, 0.5) is 26.2 Å². The minimum Gasteiger partial charge on any atom is -0.471 e. The fourth-order valence-corrected chi connectivity index (χ4v) is 3.58. The van der Waals surface area contributed by atoms with Gasteiger partial charge in [-0.2, -0.15) is 13.8 Å². The normalized spacial score (nSPS) is 24.9. The molecule has 0 unspecified atom stereocenters. The Bertz CT molecular complexity index is 983. The number of anilines is 3. The summed E-state index contributed by atoms with van der Waals surface area (Å²) < 4.78 is 34.4. The smallest absolute Gasteiger partial charge is 0.388 e. The largest absolute Gasteiger partial charge is 0.471 e. The van der Waals surface area contributed by atoms with Crippen molar-refractivity contribution in [3.05, 3.63) is 24.0 Å². The Morgan fingerprint density at radius 3 is 2.74 bits per heavy atom. The van der Waals surface area contributed by atoms with Crippen molar-refractivity contribution < 1.29 is 23.0 Å². The van der Waals surface area contributed by atoms with Crippen molar-refractivity contribution in [2.24, 2.45) is 5.73 Å². The zero-order valence-corrected chi connectivity index (χ0v) is 17.2. The van der Waals surface area contributed by atoms with Crippen molar-refractivity contribution in [2.75, 3.05) is 22.6 Å². The number of likely N-dealkylation sites (N-methyl/N-ethyl adjacent to an activating group) is 1. The van der Waals surface area contributed by atoms with Crippen molar-refractivity contribution >= 4 is 23.4 Å². The number of halogens is 2. The standard InChI is InChI=1S/C19H23F2N7O3/c1-9-14-15(28(3)10(2)16(29)26-14)27-18(24-9)25-11-6-19(22,7-11)31-12-4-5-13(23-8-12)30-17(20)21/h4-5,8,10-11,17H,6-7,22H2,1-3H3,(H,26,29)(H,24,25,27)/t10-,11?,19?/m0/s1. The highest BCUT2D eigenvalue weighted by atomic mass is 19.3. The van der Waals surface area contributed by atoms with Crippen LogP contribution in [0.1, 0.15) is 25.5 Å². The Balaban J connectivity index is 1.37. The van der Waals surface area contributed by atoms with Crippen LogP contribution in [0, 0.1) is 6.92 Å². The van der Waals surface area contributed by atoms with Crippen LogP contribution in [0.15, 0.2) is 18.3 Å². The van der Waals surface area contributed by atoms with Gasteiger partial charge in [-0.3, -0.25) is 10.5 Å². The maximum atomic E-state index is 12.2. The number of rotatable bonds is 6. The molecule has 0 bridgehead atoms. The summed E-state index contributed by atoms with van der Waals surface area (Å²) in [5.74, 6) is 1.14. The Kier molecular flexibility index (Phi) is 5.25. The summed E-state index contributed by atoms with van der Waals surface area (Å²) in [5, 5.41) is 6.09. The van der Waals surface area contributed by atoms with E-state index in [1.807, 2.05) is 7.05 Å². The number of hydrogen-bond donors (Lipinski definition) is 3. The molecule has 0 radical (unpaired) electrons. The van der Waals surface area contributed by atoms with E-state index in [1.165, 1.54) is 18.3 Å². The Morgan fingerprint density at radius 2 is 2.10 bits per heavy atom. The van der Waals surface area contributed by atoms with Crippen LogP contribution in [0.2, 0.25) is 0 Å². The summed E-state index contributed by atoms with van der Waals surface area (Å²) >= 11 is 0. The molecule has 1 aliphatic heterocycles. The molecule has 1 fully saturated rings. The molecule has 1 saturated carbocycles. The van der Waals surface area contributed by atoms with Gasteiger partial charge in [-0.15, -0.1) is 0 Å². The minimum atomic E-state index is -2.94. The number of hydrogen-bond acceptors (Lipinski definition) is 9. The number of nitrogens with two attached hydrogens (primary N) is 1. The van der Waals surface area contributed by atoms with Crippen LogP contribution in [0.3, 0.4) is 0 Å². The molecule has 4 N–H and O–H groups in total. The lowest BCUT2D eigenvalue weighted by Gasteiger charge is -2.44. The topological polar surface area (TPSA) is 128 Å². The second kappa shape index (κ2) is 7.76. The molecule has 166 valence electrons. The molecule has 1 aliphatic carbocycles. The first-order valence-corrected chi connectivity index (χ1v) is 9.71. The van der Waals surface area contributed by atoms with Gasteiger partial charge in [-0.25, -0.2) is 9.97 Å². The van der Waals surface area contributed by atoms with Gasteiger partial charge in [-0.1, -0.05) is 0 Å². The number of ether oxygens (including phenoxy) is 2. The van der Waals surface area contributed by atoms with E-state index in [-0.39, 0.29) is 23.9 Å². The molecule has 0 spiro atoms. The third-order valence-corrected chi connectivity index (χ3v) is 5.37. The predicted molar refractivity (Wildman–Crippen MR) is 108 cm³/mol. The summed E-state index contributed by atoms with van der Waals surface area (Å²) in [6.45, 7) is 0.671. The van der Waals surface area contributed by atoms with Crippen molar-refractivity contribution in [3.63, 3.8) is 0 Å². The molecule has 1 atom stereocenters. The van der Waals surface area contributed by atoms with Gasteiger partial charge in [0.15, 0.2) is 11.5 Å². The lowest BCUT2D eigenvalue weighted by molar-refractivity contribution is -0.117. The van der Waals surface area contributed by atoms with Crippen LogP contribution >= 0.6 is 0 Å². The van der Waals surface area contributed by atoms with Gasteiger partial charge in [0.2, 0.25) is 17.7 Å². The zero-order valence-electron chi connectivity index (χ0n) is 17.2. The second-order valence-corrected chi connectivity index (χ2v) is 7.73. The first-order chi connectivity index (χ1) is 14.6. The lowest BCUT2D eigenvalue weighted by Crippen LogP contribution is -2.61. The van der Waals surface area contributed by atoms with Crippen molar-refractivity contribution in [1.29, 1.82) is 0 Å². The van der Waals surface area contributed by atoms with Gasteiger partial charge in [0.1, 0.15) is 17.5 Å². The highest BCUT2D eigenvalue weighted by molar-refractivity contribution is 6.03. The highest BCUT2D eigenvalue weighted by Gasteiger charge is 2.44. The molecule has 10 nitrogen and oxygen atoms in total. The maximum absolute atomic E-state index is 12.2. The third kappa shape index (κ3) is 4.29. The molecule has 0 aromatic carbocycles. The SMILES string of the molecule is Cc1nc(NC2CC(N)(Oc3ccc(OC(F)F)nc3)C2)nc2c1NC(=O)[C@H](C)N2C. The van der Waals surface area contributed by atoms with E-state index in [4.69, 9.17) is 10.5 Å². The Morgan fingerprint density at radius 1 is 1.35 bits per heavy atom. The Hall–Kier alpha value is -3.28. The second-order valence-electron chi connectivity index (χ2n) is 7.73. The quantitative estimate of drug-likeness (QED) is 0.583. The number of alkyl halides is 2.